The highest BCUT2D eigenvalue weighted by Gasteiger charge is 2.35. The third-order valence-electron chi connectivity index (χ3n) is 4.56. The molecule has 1 amide bonds. The first-order valence-corrected chi connectivity index (χ1v) is 8.37. The molecule has 25 heavy (non-hydrogen) atoms. The number of nitrogens with one attached hydrogen (secondary N) is 1. The Bertz CT molecular complexity index is 924. The average Bonchev–Trinajstić information content (AvgIpc) is 3.20. The van der Waals surface area contributed by atoms with Crippen molar-refractivity contribution in [1.29, 1.82) is 0 Å². The third kappa shape index (κ3) is 2.52. The molecule has 4 heterocycles. The molecular formula is C18H20N6O. The maximum Gasteiger partial charge on any atom is 0.233 e. The van der Waals surface area contributed by atoms with Gasteiger partial charge in [-0.3, -0.25) is 14.0 Å². The lowest BCUT2D eigenvalue weighted by atomic mass is 9.86. The SMILES string of the molecule is CC(C)c1nn(C)c2c1C(c1cccn1-c1ncccn1)CC(=O)N2. The van der Waals surface area contributed by atoms with E-state index in [4.69, 9.17) is 0 Å². The Balaban J connectivity index is 1.89. The zero-order chi connectivity index (χ0) is 17.6. The Morgan fingerprint density at radius 1 is 1.24 bits per heavy atom. The van der Waals surface area contributed by atoms with E-state index in [2.05, 4.69) is 34.2 Å². The predicted molar refractivity (Wildman–Crippen MR) is 93.7 cm³/mol. The minimum absolute atomic E-state index is 0.00228. The molecule has 0 fully saturated rings. The standard InChI is InChI=1S/C18H20N6O/c1-11(2)16-15-12(10-14(25)21-17(15)23(3)22-16)13-6-4-9-24(13)18-19-7-5-8-20-18/h4-9,11-12H,10H2,1-3H3,(H,21,25). The van der Waals surface area contributed by atoms with Crippen LogP contribution in [0, 0.1) is 0 Å². The summed E-state index contributed by atoms with van der Waals surface area (Å²) in [6, 6.07) is 5.78. The third-order valence-corrected chi connectivity index (χ3v) is 4.56. The number of rotatable bonds is 3. The number of carbonyl (C=O) groups excluding carboxylic acids is 1. The van der Waals surface area contributed by atoms with Crippen molar-refractivity contribution in [2.75, 3.05) is 5.32 Å². The van der Waals surface area contributed by atoms with E-state index in [1.54, 1.807) is 23.1 Å². The summed E-state index contributed by atoms with van der Waals surface area (Å²) in [4.78, 5) is 21.0. The molecule has 1 unspecified atom stereocenters. The van der Waals surface area contributed by atoms with Gasteiger partial charge in [0.25, 0.3) is 0 Å². The molecule has 4 rings (SSSR count). The molecule has 128 valence electrons. The molecule has 0 saturated heterocycles. The monoisotopic (exact) mass is 336 g/mol. The Morgan fingerprint density at radius 3 is 2.72 bits per heavy atom. The van der Waals surface area contributed by atoms with E-state index in [9.17, 15) is 4.79 Å². The van der Waals surface area contributed by atoms with Crippen molar-refractivity contribution in [3.05, 3.63) is 53.7 Å². The predicted octanol–water partition coefficient (Wildman–Crippen LogP) is 2.60. The normalized spacial score (nSPS) is 16.8. The van der Waals surface area contributed by atoms with Gasteiger partial charge < -0.3 is 5.32 Å². The summed E-state index contributed by atoms with van der Waals surface area (Å²) < 4.78 is 3.71. The van der Waals surface area contributed by atoms with Gasteiger partial charge in [0.1, 0.15) is 5.82 Å². The molecule has 3 aromatic heterocycles. The molecule has 0 aromatic carbocycles. The maximum atomic E-state index is 12.3. The highest BCUT2D eigenvalue weighted by atomic mass is 16.1. The van der Waals surface area contributed by atoms with Crippen LogP contribution < -0.4 is 5.32 Å². The first-order chi connectivity index (χ1) is 12.1. The van der Waals surface area contributed by atoms with Crippen LogP contribution in [0.4, 0.5) is 5.82 Å². The van der Waals surface area contributed by atoms with Crippen LogP contribution in [0.25, 0.3) is 5.95 Å². The summed E-state index contributed by atoms with van der Waals surface area (Å²) >= 11 is 0. The zero-order valence-electron chi connectivity index (χ0n) is 14.5. The molecule has 0 aliphatic carbocycles. The molecule has 0 saturated carbocycles. The summed E-state index contributed by atoms with van der Waals surface area (Å²) in [7, 11) is 1.87. The quantitative estimate of drug-likeness (QED) is 0.797. The van der Waals surface area contributed by atoms with Crippen LogP contribution in [0.5, 0.6) is 0 Å². The molecule has 0 radical (unpaired) electrons. The fourth-order valence-corrected chi connectivity index (χ4v) is 3.48. The van der Waals surface area contributed by atoms with Crippen molar-refractivity contribution in [2.24, 2.45) is 7.05 Å². The number of fused-ring (bicyclic) bond motifs is 1. The van der Waals surface area contributed by atoms with Crippen molar-refractivity contribution in [1.82, 2.24) is 24.3 Å². The van der Waals surface area contributed by atoms with Gasteiger partial charge in [0.15, 0.2) is 0 Å². The first-order valence-electron chi connectivity index (χ1n) is 8.37. The first kappa shape index (κ1) is 15.6. The second-order valence-electron chi connectivity index (χ2n) is 6.58. The molecule has 3 aromatic rings. The van der Waals surface area contributed by atoms with Crippen LogP contribution in [-0.2, 0) is 11.8 Å². The Morgan fingerprint density at radius 2 is 2.00 bits per heavy atom. The molecule has 1 N–H and O–H groups in total. The Labute approximate surface area is 145 Å². The van der Waals surface area contributed by atoms with E-state index in [0.29, 0.717) is 12.4 Å². The number of carbonyl (C=O) groups is 1. The van der Waals surface area contributed by atoms with E-state index < -0.39 is 0 Å². The van der Waals surface area contributed by atoms with Gasteiger partial charge in [-0.15, -0.1) is 0 Å². The van der Waals surface area contributed by atoms with Crippen LogP contribution in [0.15, 0.2) is 36.8 Å². The number of hydrogen-bond acceptors (Lipinski definition) is 4. The van der Waals surface area contributed by atoms with Crippen molar-refractivity contribution < 1.29 is 4.79 Å². The van der Waals surface area contributed by atoms with Crippen LogP contribution in [0.3, 0.4) is 0 Å². The van der Waals surface area contributed by atoms with Gasteiger partial charge >= 0.3 is 0 Å². The molecule has 1 atom stereocenters. The van der Waals surface area contributed by atoms with Gasteiger partial charge in [-0.2, -0.15) is 5.10 Å². The van der Waals surface area contributed by atoms with Gasteiger partial charge in [-0.05, 0) is 24.1 Å². The van der Waals surface area contributed by atoms with Crippen molar-refractivity contribution >= 4 is 11.7 Å². The number of nitrogens with zero attached hydrogens (tertiary/aromatic N) is 5. The number of hydrogen-bond donors (Lipinski definition) is 1. The Hall–Kier alpha value is -2.96. The van der Waals surface area contributed by atoms with Crippen LogP contribution >= 0.6 is 0 Å². The molecule has 1 aliphatic rings. The lowest BCUT2D eigenvalue weighted by Crippen LogP contribution is -2.26. The number of anilines is 1. The minimum Gasteiger partial charge on any atom is -0.311 e. The van der Waals surface area contributed by atoms with E-state index in [1.807, 2.05) is 29.9 Å². The van der Waals surface area contributed by atoms with E-state index in [0.717, 1.165) is 22.8 Å². The van der Waals surface area contributed by atoms with E-state index >= 15 is 0 Å². The molecule has 7 heteroatoms. The van der Waals surface area contributed by atoms with Gasteiger partial charge in [0.05, 0.1) is 5.69 Å². The zero-order valence-corrected chi connectivity index (χ0v) is 14.5. The highest BCUT2D eigenvalue weighted by molar-refractivity contribution is 5.94. The lowest BCUT2D eigenvalue weighted by Gasteiger charge is -2.25. The number of amides is 1. The smallest absolute Gasteiger partial charge is 0.233 e. The summed E-state index contributed by atoms with van der Waals surface area (Å²) in [5.41, 5.74) is 3.11. The molecule has 0 bridgehead atoms. The fraction of sp³-hybridized carbons (Fsp3) is 0.333. The van der Waals surface area contributed by atoms with Crippen LogP contribution in [0.2, 0.25) is 0 Å². The molecule has 0 spiro atoms. The van der Waals surface area contributed by atoms with Gasteiger partial charge in [-0.25, -0.2) is 9.97 Å². The van der Waals surface area contributed by atoms with Crippen molar-refractivity contribution in [2.45, 2.75) is 32.1 Å². The van der Waals surface area contributed by atoms with E-state index in [-0.39, 0.29) is 17.7 Å². The summed E-state index contributed by atoms with van der Waals surface area (Å²) in [5.74, 6) is 1.58. The van der Waals surface area contributed by atoms with E-state index in [1.165, 1.54) is 0 Å². The largest absolute Gasteiger partial charge is 0.311 e. The maximum absolute atomic E-state index is 12.3. The van der Waals surface area contributed by atoms with Gasteiger partial charge in [0, 0.05) is 49.2 Å². The summed E-state index contributed by atoms with van der Waals surface area (Å²) in [6.45, 7) is 4.24. The highest BCUT2D eigenvalue weighted by Crippen LogP contribution is 2.41. The molecular weight excluding hydrogens is 316 g/mol. The van der Waals surface area contributed by atoms with Gasteiger partial charge in [0.2, 0.25) is 11.9 Å². The second-order valence-corrected chi connectivity index (χ2v) is 6.58. The second kappa shape index (κ2) is 5.84. The van der Waals surface area contributed by atoms with Gasteiger partial charge in [-0.1, -0.05) is 13.8 Å². The molecule has 7 nitrogen and oxygen atoms in total. The summed E-state index contributed by atoms with van der Waals surface area (Å²) in [5, 5.41) is 7.63. The van der Waals surface area contributed by atoms with Crippen molar-refractivity contribution in [3.8, 4) is 5.95 Å². The number of aromatic nitrogens is 5. The van der Waals surface area contributed by atoms with Crippen LogP contribution in [0.1, 0.15) is 49.1 Å². The van der Waals surface area contributed by atoms with Crippen LogP contribution in [-0.4, -0.2) is 30.2 Å². The minimum atomic E-state index is -0.0753. The topological polar surface area (TPSA) is 77.6 Å². The lowest BCUT2D eigenvalue weighted by molar-refractivity contribution is -0.116. The van der Waals surface area contributed by atoms with Crippen molar-refractivity contribution in [3.63, 3.8) is 0 Å². The summed E-state index contributed by atoms with van der Waals surface area (Å²) in [6.07, 6.45) is 5.75. The molecule has 1 aliphatic heterocycles. The average molecular weight is 336 g/mol. The Kier molecular flexibility index (Phi) is 3.63. The fourth-order valence-electron chi connectivity index (χ4n) is 3.48. The number of aryl methyl sites for hydroxylation is 1.